The molecule has 0 aromatic heterocycles. The molecule has 0 rings (SSSR count). The monoisotopic (exact) mass is 424 g/mol. The van der Waals surface area contributed by atoms with Crippen molar-refractivity contribution in [2.24, 2.45) is 0 Å². The quantitative estimate of drug-likeness (QED) is 0.112. The zero-order valence-corrected chi connectivity index (χ0v) is 19.8. The van der Waals surface area contributed by atoms with Gasteiger partial charge in [-0.1, -0.05) is 84.0 Å². The summed E-state index contributed by atoms with van der Waals surface area (Å²) in [4.78, 5) is 17.7. The molecular weight excluding hydrogens is 377 g/mol. The summed E-state index contributed by atoms with van der Waals surface area (Å²) in [5, 5.41) is 10.5. The van der Waals surface area contributed by atoms with Crippen LogP contribution in [0.25, 0.3) is 0 Å². The molecule has 3 N–H and O–H groups in total. The molecule has 1 atom stereocenters. The maximum absolute atomic E-state index is 10.9. The van der Waals surface area contributed by atoms with E-state index in [1.54, 1.807) is 6.92 Å². The molecule has 0 aliphatic heterocycles. The van der Waals surface area contributed by atoms with Crippen LogP contribution in [0.4, 0.5) is 0 Å². The highest BCUT2D eigenvalue weighted by Gasteiger charge is 2.40. The number of rotatable bonds is 19. The molecule has 0 aromatic carbocycles. The molecule has 7 heteroatoms. The van der Waals surface area contributed by atoms with Gasteiger partial charge in [-0.2, -0.15) is 0 Å². The van der Waals surface area contributed by atoms with Gasteiger partial charge in [0.15, 0.2) is 0 Å². The first-order chi connectivity index (χ1) is 13.0. The van der Waals surface area contributed by atoms with Crippen molar-refractivity contribution >= 4 is 7.82 Å². The molecule has 0 heterocycles. The van der Waals surface area contributed by atoms with E-state index in [0.717, 1.165) is 19.4 Å². The number of likely N-dealkylation sites (N-methyl/N-ethyl adjacent to an activating group) is 1. The summed E-state index contributed by atoms with van der Waals surface area (Å²) in [5.74, 6) is 0. The van der Waals surface area contributed by atoms with Crippen LogP contribution in [-0.2, 0) is 9.09 Å². The largest absolute Gasteiger partial charge is 0.469 e. The fourth-order valence-electron chi connectivity index (χ4n) is 3.32. The first-order valence-corrected chi connectivity index (χ1v) is 12.8. The van der Waals surface area contributed by atoms with Gasteiger partial charge in [-0.05, 0) is 12.8 Å². The third-order valence-electron chi connectivity index (χ3n) is 5.88. The molecule has 0 aromatic rings. The van der Waals surface area contributed by atoms with E-state index in [0.29, 0.717) is 0 Å². The van der Waals surface area contributed by atoms with Crippen LogP contribution in [0, 0.1) is 0 Å². The third kappa shape index (κ3) is 14.9. The third-order valence-corrected chi connectivity index (χ3v) is 6.35. The zero-order valence-electron chi connectivity index (χ0n) is 18.9. The van der Waals surface area contributed by atoms with E-state index >= 15 is 0 Å². The highest BCUT2D eigenvalue weighted by atomic mass is 31.2. The number of quaternary nitrogens is 1. The van der Waals surface area contributed by atoms with Crippen molar-refractivity contribution in [3.63, 3.8) is 0 Å². The minimum absolute atomic E-state index is 0.255. The van der Waals surface area contributed by atoms with Crippen LogP contribution in [0.5, 0.6) is 0 Å². The predicted octanol–water partition coefficient (Wildman–Crippen LogP) is 5.36. The van der Waals surface area contributed by atoms with Crippen LogP contribution in [0.1, 0.15) is 104 Å². The van der Waals surface area contributed by atoms with Gasteiger partial charge in [0.1, 0.15) is 6.61 Å². The Hall–Kier alpha value is 0.0300. The predicted molar refractivity (Wildman–Crippen MR) is 116 cm³/mol. The van der Waals surface area contributed by atoms with Crippen molar-refractivity contribution in [1.82, 2.24) is 0 Å². The number of hydrogen-bond acceptors (Lipinski definition) is 3. The lowest BCUT2D eigenvalue weighted by molar-refractivity contribution is -0.965. The van der Waals surface area contributed by atoms with Crippen molar-refractivity contribution < 1.29 is 28.5 Å². The van der Waals surface area contributed by atoms with Crippen LogP contribution in [0.2, 0.25) is 0 Å². The number of aliphatic hydroxyl groups is 1. The molecule has 0 aliphatic rings. The summed E-state index contributed by atoms with van der Waals surface area (Å²) in [6.45, 7) is 4.18. The number of hydrogen-bond donors (Lipinski definition) is 3. The zero-order chi connectivity index (χ0) is 21.5. The number of phosphoric acid groups is 1. The van der Waals surface area contributed by atoms with Crippen LogP contribution < -0.4 is 0 Å². The van der Waals surface area contributed by atoms with Gasteiger partial charge in [0.05, 0.1) is 20.6 Å². The number of phosphoric ester groups is 1. The summed E-state index contributed by atoms with van der Waals surface area (Å²) < 4.78 is 15.6. The van der Waals surface area contributed by atoms with Crippen LogP contribution >= 0.6 is 7.82 Å². The molecule has 0 saturated carbocycles. The Morgan fingerprint density at radius 2 is 1.14 bits per heavy atom. The number of unbranched alkanes of at least 4 members (excludes halogenated alkanes) is 13. The van der Waals surface area contributed by atoms with Crippen LogP contribution in [0.15, 0.2) is 0 Å². The Morgan fingerprint density at radius 3 is 1.50 bits per heavy atom. The van der Waals surface area contributed by atoms with Crippen molar-refractivity contribution in [2.45, 2.75) is 109 Å². The minimum atomic E-state index is -4.56. The van der Waals surface area contributed by atoms with E-state index < -0.39 is 13.5 Å². The topological polar surface area (TPSA) is 87.0 Å². The Labute approximate surface area is 173 Å². The molecule has 0 saturated heterocycles. The van der Waals surface area contributed by atoms with E-state index in [2.05, 4.69) is 11.4 Å². The highest BCUT2D eigenvalue weighted by molar-refractivity contribution is 7.46. The lowest BCUT2D eigenvalue weighted by Gasteiger charge is -2.42. The van der Waals surface area contributed by atoms with Gasteiger partial charge in [0.2, 0.25) is 5.72 Å². The fourth-order valence-corrected chi connectivity index (χ4v) is 3.74. The average Bonchev–Trinajstić information content (AvgIpc) is 2.59. The summed E-state index contributed by atoms with van der Waals surface area (Å²) in [7, 11) is -0.831. The van der Waals surface area contributed by atoms with E-state index in [4.69, 9.17) is 9.79 Å². The van der Waals surface area contributed by atoms with Crippen molar-refractivity contribution in [1.29, 1.82) is 0 Å². The fraction of sp³-hybridized carbons (Fsp3) is 1.00. The van der Waals surface area contributed by atoms with E-state index in [1.165, 1.54) is 77.0 Å². The van der Waals surface area contributed by atoms with Crippen molar-refractivity contribution in [2.75, 3.05) is 27.2 Å². The number of nitrogens with zero attached hydrogens (tertiary/aromatic N) is 1. The van der Waals surface area contributed by atoms with Gasteiger partial charge in [0, 0.05) is 6.92 Å². The summed E-state index contributed by atoms with van der Waals surface area (Å²) in [5.41, 5.74) is -1.34. The van der Waals surface area contributed by atoms with Crippen molar-refractivity contribution in [3.05, 3.63) is 0 Å². The lowest BCUT2D eigenvalue weighted by Crippen LogP contribution is -2.60. The van der Waals surface area contributed by atoms with Gasteiger partial charge >= 0.3 is 7.82 Å². The van der Waals surface area contributed by atoms with Gasteiger partial charge in [-0.15, -0.1) is 0 Å². The summed E-state index contributed by atoms with van der Waals surface area (Å²) in [6, 6.07) is 0. The standard InChI is InChI=1S/C21H46NO5P/c1-5-6-7-8-9-10-11-12-13-14-15-16-17-18-19-22(3,4)21(2,23)20-27-28(24,25)26/h23H,5-20H2,1-4H3,(H-,24,25,26)/p+1. The average molecular weight is 425 g/mol. The van der Waals surface area contributed by atoms with Crippen LogP contribution in [-0.4, -0.2) is 52.3 Å². The van der Waals surface area contributed by atoms with Gasteiger partial charge in [-0.3, -0.25) is 9.01 Å². The molecule has 0 amide bonds. The lowest BCUT2D eigenvalue weighted by atomic mass is 10.0. The Bertz CT molecular complexity index is 423. The summed E-state index contributed by atoms with van der Waals surface area (Å²) >= 11 is 0. The summed E-state index contributed by atoms with van der Waals surface area (Å²) in [6.07, 6.45) is 18.3. The molecule has 0 bridgehead atoms. The molecule has 1 unspecified atom stereocenters. The van der Waals surface area contributed by atoms with Crippen LogP contribution in [0.3, 0.4) is 0 Å². The smallest absolute Gasteiger partial charge is 0.341 e. The first-order valence-electron chi connectivity index (χ1n) is 11.3. The maximum Gasteiger partial charge on any atom is 0.469 e. The van der Waals surface area contributed by atoms with E-state index in [9.17, 15) is 9.67 Å². The van der Waals surface area contributed by atoms with Gasteiger partial charge in [-0.25, -0.2) is 4.57 Å². The maximum atomic E-state index is 10.9. The Morgan fingerprint density at radius 1 is 0.786 bits per heavy atom. The highest BCUT2D eigenvalue weighted by Crippen LogP contribution is 2.37. The van der Waals surface area contributed by atoms with Gasteiger partial charge < -0.3 is 14.9 Å². The molecule has 0 fully saturated rings. The second-order valence-electron chi connectivity index (χ2n) is 8.99. The Balaban J connectivity index is 3.64. The first kappa shape index (κ1) is 28.0. The Kier molecular flexibility index (Phi) is 14.9. The molecular formula is C21H47NO5P+. The molecule has 6 nitrogen and oxygen atoms in total. The molecule has 0 aliphatic carbocycles. The molecule has 28 heavy (non-hydrogen) atoms. The van der Waals surface area contributed by atoms with E-state index in [-0.39, 0.29) is 11.1 Å². The SMILES string of the molecule is CCCCCCCCCCCCCCCC[N+](C)(C)C(C)(O)COP(=O)(O)O. The second kappa shape index (κ2) is 14.9. The molecule has 0 radical (unpaired) electrons. The molecule has 0 spiro atoms. The molecule has 170 valence electrons. The minimum Gasteiger partial charge on any atom is -0.341 e. The normalized spacial score (nSPS) is 15.0. The van der Waals surface area contributed by atoms with E-state index in [1.807, 2.05) is 14.1 Å². The van der Waals surface area contributed by atoms with Crippen molar-refractivity contribution in [3.8, 4) is 0 Å². The van der Waals surface area contributed by atoms with Gasteiger partial charge in [0.25, 0.3) is 0 Å². The second-order valence-corrected chi connectivity index (χ2v) is 10.2.